The number of carboxylic acids is 1. The molecule has 0 spiro atoms. The Kier molecular flexibility index (Phi) is 3.14. The largest absolute Gasteiger partial charge is 0.475 e. The van der Waals surface area contributed by atoms with Crippen LogP contribution in [0.3, 0.4) is 0 Å². The van der Waals surface area contributed by atoms with Crippen molar-refractivity contribution in [2.24, 2.45) is 0 Å². The second-order valence-corrected chi connectivity index (χ2v) is 1.80. The third kappa shape index (κ3) is 3.49. The third-order valence-corrected chi connectivity index (χ3v) is 0.758. The fourth-order valence-corrected chi connectivity index (χ4v) is 0.247. The maximum atomic E-state index is 11.8. The van der Waals surface area contributed by atoms with Crippen LogP contribution < -0.4 is 0 Å². The van der Waals surface area contributed by atoms with Crippen LogP contribution in [0, 0.1) is 0 Å². The van der Waals surface area contributed by atoms with Crippen molar-refractivity contribution in [1.29, 1.82) is 0 Å². The highest BCUT2D eigenvalue weighted by atomic mass is 19.4. The Balaban J connectivity index is 4.37. The average Bonchev–Trinajstić information content (AvgIpc) is 1.83. The fourth-order valence-electron chi connectivity index (χ4n) is 0.247. The first-order valence-corrected chi connectivity index (χ1v) is 2.57. The van der Waals surface area contributed by atoms with E-state index in [-0.39, 0.29) is 0 Å². The Morgan fingerprint density at radius 2 is 1.62 bits per heavy atom. The minimum Gasteiger partial charge on any atom is -0.475 e. The number of rotatable bonds is 3. The fraction of sp³-hybridized carbons (Fsp3) is 0.750. The molecule has 0 aromatic carbocycles. The maximum absolute atomic E-state index is 11.8. The lowest BCUT2D eigenvalue weighted by atomic mass is 10.6. The van der Waals surface area contributed by atoms with Crippen LogP contribution in [-0.4, -0.2) is 29.7 Å². The van der Waals surface area contributed by atoms with E-state index in [0.29, 0.717) is 0 Å². The molecule has 1 unspecified atom stereocenters. The number of carbonyl (C=O) groups is 1. The average molecular weight is 212 g/mol. The topological polar surface area (TPSA) is 46.5 Å². The van der Waals surface area contributed by atoms with Crippen LogP contribution in [0.2, 0.25) is 0 Å². The number of alkyl halides is 6. The summed E-state index contributed by atoms with van der Waals surface area (Å²) in [6.07, 6.45) is -15.2. The van der Waals surface area contributed by atoms with Gasteiger partial charge in [-0.1, -0.05) is 0 Å². The zero-order valence-electron chi connectivity index (χ0n) is 5.61. The van der Waals surface area contributed by atoms with E-state index < -0.39 is 24.6 Å². The van der Waals surface area contributed by atoms with Gasteiger partial charge < -0.3 is 5.11 Å². The molecular formula is C4H2F6O3. The lowest BCUT2D eigenvalue weighted by Gasteiger charge is -2.17. The standard InChI is InChI=1S/C4H2F6O3/c5-1(3(6,7)8)13-4(9,10)2(11)12/h1H,(H,11,12). The van der Waals surface area contributed by atoms with E-state index >= 15 is 0 Å². The molecule has 13 heavy (non-hydrogen) atoms. The van der Waals surface area contributed by atoms with Gasteiger partial charge in [0.05, 0.1) is 0 Å². The van der Waals surface area contributed by atoms with Gasteiger partial charge in [0.2, 0.25) is 0 Å². The van der Waals surface area contributed by atoms with E-state index in [4.69, 9.17) is 5.11 Å². The summed E-state index contributed by atoms with van der Waals surface area (Å²) in [6, 6.07) is 0. The maximum Gasteiger partial charge on any atom is 0.458 e. The molecule has 0 saturated carbocycles. The Bertz CT molecular complexity index is 199. The Labute approximate surface area is 66.9 Å². The second-order valence-electron chi connectivity index (χ2n) is 1.80. The summed E-state index contributed by atoms with van der Waals surface area (Å²) in [5, 5.41) is 7.55. The summed E-state index contributed by atoms with van der Waals surface area (Å²) < 4.78 is 71.2. The van der Waals surface area contributed by atoms with Crippen LogP contribution in [0.25, 0.3) is 0 Å². The summed E-state index contributed by atoms with van der Waals surface area (Å²) in [5.74, 6) is -3.00. The van der Waals surface area contributed by atoms with E-state index in [9.17, 15) is 31.1 Å². The van der Waals surface area contributed by atoms with Gasteiger partial charge in [0, 0.05) is 0 Å². The first kappa shape index (κ1) is 12.0. The summed E-state index contributed by atoms with van der Waals surface area (Å²) in [5.41, 5.74) is 0. The summed E-state index contributed by atoms with van der Waals surface area (Å²) in [6.45, 7) is 0. The second kappa shape index (κ2) is 3.40. The van der Waals surface area contributed by atoms with Gasteiger partial charge in [0.15, 0.2) is 0 Å². The van der Waals surface area contributed by atoms with Gasteiger partial charge in [-0.25, -0.2) is 9.18 Å². The highest BCUT2D eigenvalue weighted by molar-refractivity contribution is 5.73. The minimum atomic E-state index is -5.68. The number of aliphatic carboxylic acids is 1. The Morgan fingerprint density at radius 3 is 1.85 bits per heavy atom. The number of carboxylic acid groups (broad SMARTS) is 1. The summed E-state index contributed by atoms with van der Waals surface area (Å²) >= 11 is 0. The zero-order chi connectivity index (χ0) is 10.9. The molecule has 0 saturated heterocycles. The van der Waals surface area contributed by atoms with Crippen molar-refractivity contribution < 1.29 is 41.0 Å². The quantitative estimate of drug-likeness (QED) is 0.721. The number of hydrogen-bond donors (Lipinski definition) is 1. The van der Waals surface area contributed by atoms with Crippen LogP contribution in [0.4, 0.5) is 26.3 Å². The van der Waals surface area contributed by atoms with Crippen molar-refractivity contribution in [3.63, 3.8) is 0 Å². The van der Waals surface area contributed by atoms with Crippen molar-refractivity contribution in [3.05, 3.63) is 0 Å². The van der Waals surface area contributed by atoms with Crippen molar-refractivity contribution >= 4 is 5.97 Å². The highest BCUT2D eigenvalue weighted by Gasteiger charge is 2.52. The van der Waals surface area contributed by atoms with E-state index in [1.165, 1.54) is 0 Å². The van der Waals surface area contributed by atoms with Gasteiger partial charge in [-0.2, -0.15) is 22.0 Å². The molecule has 0 aliphatic rings. The number of halogens is 6. The molecule has 0 aliphatic carbocycles. The number of ether oxygens (including phenoxy) is 1. The van der Waals surface area contributed by atoms with Gasteiger partial charge in [-0.15, -0.1) is 0 Å². The van der Waals surface area contributed by atoms with Crippen molar-refractivity contribution in [1.82, 2.24) is 0 Å². The smallest absolute Gasteiger partial charge is 0.458 e. The van der Waals surface area contributed by atoms with E-state index in [0.717, 1.165) is 0 Å². The first-order chi connectivity index (χ1) is 5.57. The Hall–Kier alpha value is -0.990. The molecule has 0 aliphatic heterocycles. The van der Waals surface area contributed by atoms with Crippen LogP contribution in [-0.2, 0) is 9.53 Å². The molecule has 1 atom stereocenters. The monoisotopic (exact) mass is 212 g/mol. The molecule has 0 heterocycles. The van der Waals surface area contributed by atoms with Crippen LogP contribution in [0.15, 0.2) is 0 Å². The van der Waals surface area contributed by atoms with Gasteiger partial charge in [0.25, 0.3) is 0 Å². The molecule has 3 nitrogen and oxygen atoms in total. The van der Waals surface area contributed by atoms with E-state index in [1.807, 2.05) is 0 Å². The third-order valence-electron chi connectivity index (χ3n) is 0.758. The van der Waals surface area contributed by atoms with E-state index in [2.05, 4.69) is 4.74 Å². The van der Waals surface area contributed by atoms with Gasteiger partial charge >= 0.3 is 24.6 Å². The molecule has 0 bridgehead atoms. The van der Waals surface area contributed by atoms with Gasteiger partial charge in [0.1, 0.15) is 0 Å². The SMILES string of the molecule is O=C(O)C(F)(F)OC(F)C(F)(F)F. The van der Waals surface area contributed by atoms with Gasteiger partial charge in [-0.3, -0.25) is 4.74 Å². The molecular weight excluding hydrogens is 210 g/mol. The predicted octanol–water partition coefficient (Wildman–Crippen LogP) is 1.54. The lowest BCUT2D eigenvalue weighted by Crippen LogP contribution is -2.40. The molecule has 0 rings (SSSR count). The predicted molar refractivity (Wildman–Crippen MR) is 24.6 cm³/mol. The molecule has 0 radical (unpaired) electrons. The molecule has 0 fully saturated rings. The minimum absolute atomic E-state index is 2.34. The lowest BCUT2D eigenvalue weighted by molar-refractivity contribution is -0.347. The molecule has 78 valence electrons. The van der Waals surface area contributed by atoms with Gasteiger partial charge in [-0.05, 0) is 0 Å². The molecule has 9 heteroatoms. The number of hydrogen-bond acceptors (Lipinski definition) is 2. The summed E-state index contributed by atoms with van der Waals surface area (Å²) in [4.78, 5) is 9.47. The molecule has 0 aromatic rings. The van der Waals surface area contributed by atoms with Crippen molar-refractivity contribution in [2.45, 2.75) is 18.6 Å². The molecule has 0 amide bonds. The van der Waals surface area contributed by atoms with Crippen molar-refractivity contribution in [3.8, 4) is 0 Å². The van der Waals surface area contributed by atoms with Crippen molar-refractivity contribution in [2.75, 3.05) is 0 Å². The highest BCUT2D eigenvalue weighted by Crippen LogP contribution is 2.29. The van der Waals surface area contributed by atoms with Crippen LogP contribution in [0.5, 0.6) is 0 Å². The normalized spacial score (nSPS) is 15.5. The van der Waals surface area contributed by atoms with E-state index in [1.54, 1.807) is 0 Å². The van der Waals surface area contributed by atoms with Crippen LogP contribution in [0.1, 0.15) is 0 Å². The van der Waals surface area contributed by atoms with Crippen LogP contribution >= 0.6 is 0 Å². The zero-order valence-corrected chi connectivity index (χ0v) is 5.61. The first-order valence-electron chi connectivity index (χ1n) is 2.57. The summed E-state index contributed by atoms with van der Waals surface area (Å²) in [7, 11) is 0. The molecule has 0 aromatic heterocycles. The Morgan fingerprint density at radius 1 is 1.23 bits per heavy atom. The molecule has 1 N–H and O–H groups in total.